The summed E-state index contributed by atoms with van der Waals surface area (Å²) < 4.78 is 0. The third-order valence-corrected chi connectivity index (χ3v) is 3.15. The predicted molar refractivity (Wildman–Crippen MR) is 105 cm³/mol. The van der Waals surface area contributed by atoms with Crippen LogP contribution < -0.4 is 5.32 Å². The molecule has 1 N–H and O–H groups in total. The molecule has 0 aromatic carbocycles. The molecule has 0 aliphatic rings. The molecule has 26 heavy (non-hydrogen) atoms. The van der Waals surface area contributed by atoms with Gasteiger partial charge in [-0.3, -0.25) is 14.6 Å². The number of allylic oxidation sites excluding steroid dienone is 1. The van der Waals surface area contributed by atoms with Crippen LogP contribution in [0.5, 0.6) is 0 Å². The molecule has 8 nitrogen and oxygen atoms in total. The number of likely N-dealkylation sites (N-methyl/N-ethyl adjacent to an activating group) is 2. The third-order valence-electron chi connectivity index (χ3n) is 3.15. The lowest BCUT2D eigenvalue weighted by Crippen LogP contribution is -2.24. The van der Waals surface area contributed by atoms with E-state index in [1.54, 1.807) is 65.7 Å². The third kappa shape index (κ3) is 6.31. The molecule has 0 saturated heterocycles. The summed E-state index contributed by atoms with van der Waals surface area (Å²) in [5.41, 5.74) is 1.57. The Morgan fingerprint density at radius 2 is 1.88 bits per heavy atom. The first-order chi connectivity index (χ1) is 12.3. The molecule has 138 valence electrons. The normalized spacial score (nSPS) is 12.0. The first kappa shape index (κ1) is 20.8. The summed E-state index contributed by atoms with van der Waals surface area (Å²) in [7, 11) is 6.64. The number of aromatic nitrogens is 1. The van der Waals surface area contributed by atoms with Gasteiger partial charge in [-0.25, -0.2) is 9.98 Å². The average Bonchev–Trinajstić information content (AvgIpc) is 2.62. The lowest BCUT2D eigenvalue weighted by molar-refractivity contribution is -0.125. The topological polar surface area (TPSA) is 90.3 Å². The molecular weight excluding hydrogens is 332 g/mol. The minimum Gasteiger partial charge on any atom is -0.345 e. The molecule has 0 aliphatic heterocycles. The van der Waals surface area contributed by atoms with Gasteiger partial charge in [-0.05, 0) is 31.3 Å². The van der Waals surface area contributed by atoms with Crippen LogP contribution in [-0.2, 0) is 9.59 Å². The highest BCUT2D eigenvalue weighted by Crippen LogP contribution is 2.11. The molecule has 1 heterocycles. The number of carbonyl (C=O) groups is 2. The molecule has 0 saturated carbocycles. The van der Waals surface area contributed by atoms with Crippen molar-refractivity contribution in [3.8, 4) is 0 Å². The number of pyridine rings is 1. The van der Waals surface area contributed by atoms with Crippen molar-refractivity contribution in [3.05, 3.63) is 41.9 Å². The van der Waals surface area contributed by atoms with E-state index in [0.717, 1.165) is 5.56 Å². The zero-order valence-electron chi connectivity index (χ0n) is 15.7. The second-order valence-corrected chi connectivity index (χ2v) is 5.66. The molecule has 0 aliphatic carbocycles. The van der Waals surface area contributed by atoms with Crippen LogP contribution in [0.3, 0.4) is 0 Å². The van der Waals surface area contributed by atoms with Crippen LogP contribution in [0.25, 0.3) is 6.08 Å². The number of amides is 2. The summed E-state index contributed by atoms with van der Waals surface area (Å²) in [6.45, 7) is 5.19. The van der Waals surface area contributed by atoms with Gasteiger partial charge < -0.3 is 15.1 Å². The molecule has 0 spiro atoms. The van der Waals surface area contributed by atoms with E-state index in [1.807, 2.05) is 0 Å². The van der Waals surface area contributed by atoms with Gasteiger partial charge in [-0.15, -0.1) is 0 Å². The average molecular weight is 356 g/mol. The standard InChI is InChI=1S/C18H24N6O2/c1-7-15(17(26)24(5)6)22-18(19-2)21-14-10-13(11-20-12-14)8-9-16(25)23(3)4/h7-12H,2H2,1,3-6H3,(H,21,22)/b9-8+,15-7-. The van der Waals surface area contributed by atoms with E-state index >= 15 is 0 Å². The lowest BCUT2D eigenvalue weighted by atomic mass is 10.2. The van der Waals surface area contributed by atoms with Gasteiger partial charge in [0.2, 0.25) is 11.9 Å². The Morgan fingerprint density at radius 3 is 2.42 bits per heavy atom. The van der Waals surface area contributed by atoms with Crippen LogP contribution in [-0.4, -0.2) is 67.5 Å². The number of nitrogens with one attached hydrogen (secondary N) is 1. The smallest absolute Gasteiger partial charge is 0.271 e. The van der Waals surface area contributed by atoms with Crippen molar-refractivity contribution in [2.75, 3.05) is 33.5 Å². The van der Waals surface area contributed by atoms with Gasteiger partial charge in [0.15, 0.2) is 0 Å². The van der Waals surface area contributed by atoms with Crippen LogP contribution in [0.1, 0.15) is 12.5 Å². The number of rotatable bonds is 5. The highest BCUT2D eigenvalue weighted by Gasteiger charge is 2.11. The van der Waals surface area contributed by atoms with Gasteiger partial charge in [0.25, 0.3) is 5.91 Å². The fourth-order valence-corrected chi connectivity index (χ4v) is 1.74. The molecular formula is C18H24N6O2. The quantitative estimate of drug-likeness (QED) is 0.493. The van der Waals surface area contributed by atoms with Crippen molar-refractivity contribution in [1.29, 1.82) is 0 Å². The van der Waals surface area contributed by atoms with Crippen molar-refractivity contribution in [2.45, 2.75) is 6.92 Å². The first-order valence-corrected chi connectivity index (χ1v) is 7.83. The van der Waals surface area contributed by atoms with Crippen LogP contribution in [0.15, 0.2) is 46.3 Å². The van der Waals surface area contributed by atoms with Crippen molar-refractivity contribution < 1.29 is 9.59 Å². The summed E-state index contributed by atoms with van der Waals surface area (Å²) >= 11 is 0. The summed E-state index contributed by atoms with van der Waals surface area (Å²) in [6.07, 6.45) is 7.91. The van der Waals surface area contributed by atoms with Crippen molar-refractivity contribution >= 4 is 36.3 Å². The Kier molecular flexibility index (Phi) is 7.88. The number of aliphatic imine (C=N–C) groups is 2. The monoisotopic (exact) mass is 356 g/mol. The van der Waals surface area contributed by atoms with E-state index < -0.39 is 0 Å². The number of guanidine groups is 1. The molecule has 1 aromatic rings. The molecule has 0 radical (unpaired) electrons. The summed E-state index contributed by atoms with van der Waals surface area (Å²) in [4.78, 5) is 38.7. The number of nitrogens with zero attached hydrogens (tertiary/aromatic N) is 5. The van der Waals surface area contributed by atoms with Crippen molar-refractivity contribution in [2.24, 2.45) is 9.98 Å². The number of carbonyl (C=O) groups excluding carboxylic acids is 2. The molecule has 0 fully saturated rings. The summed E-state index contributed by atoms with van der Waals surface area (Å²) in [5, 5.41) is 2.96. The maximum Gasteiger partial charge on any atom is 0.271 e. The minimum atomic E-state index is -0.243. The Labute approximate surface area is 153 Å². The second kappa shape index (κ2) is 9.87. The van der Waals surface area contributed by atoms with Gasteiger partial charge >= 0.3 is 0 Å². The zero-order chi connectivity index (χ0) is 19.7. The zero-order valence-corrected chi connectivity index (χ0v) is 15.7. The number of hydrogen-bond donors (Lipinski definition) is 1. The second-order valence-electron chi connectivity index (χ2n) is 5.66. The van der Waals surface area contributed by atoms with Gasteiger partial charge in [0.05, 0.1) is 11.9 Å². The van der Waals surface area contributed by atoms with Crippen molar-refractivity contribution in [1.82, 2.24) is 14.8 Å². The van der Waals surface area contributed by atoms with Crippen LogP contribution in [0.2, 0.25) is 0 Å². The maximum absolute atomic E-state index is 12.0. The van der Waals surface area contributed by atoms with Crippen LogP contribution in [0, 0.1) is 0 Å². The summed E-state index contributed by atoms with van der Waals surface area (Å²) in [6, 6.07) is 1.77. The molecule has 0 unspecified atom stereocenters. The van der Waals surface area contributed by atoms with Crippen LogP contribution >= 0.6 is 0 Å². The maximum atomic E-state index is 12.0. The fourth-order valence-electron chi connectivity index (χ4n) is 1.74. The lowest BCUT2D eigenvalue weighted by Gasteiger charge is -2.11. The van der Waals surface area contributed by atoms with E-state index in [4.69, 9.17) is 0 Å². The first-order valence-electron chi connectivity index (χ1n) is 7.83. The molecule has 0 bridgehead atoms. The highest BCUT2D eigenvalue weighted by atomic mass is 16.2. The number of anilines is 1. The van der Waals surface area contributed by atoms with Crippen LogP contribution in [0.4, 0.5) is 5.69 Å². The van der Waals surface area contributed by atoms with Crippen molar-refractivity contribution in [3.63, 3.8) is 0 Å². The Bertz CT molecular complexity index is 763. The van der Waals surface area contributed by atoms with Gasteiger partial charge in [-0.2, -0.15) is 0 Å². The van der Waals surface area contributed by atoms with Gasteiger partial charge in [0.1, 0.15) is 5.70 Å². The largest absolute Gasteiger partial charge is 0.345 e. The fraction of sp³-hybridized carbons (Fsp3) is 0.278. The van der Waals surface area contributed by atoms with Gasteiger partial charge in [0, 0.05) is 40.5 Å². The summed E-state index contributed by atoms with van der Waals surface area (Å²) in [5.74, 6) is -0.202. The Hall–Kier alpha value is -3.29. The van der Waals surface area contributed by atoms with E-state index in [-0.39, 0.29) is 23.5 Å². The van der Waals surface area contributed by atoms with E-state index in [9.17, 15) is 9.59 Å². The SMILES string of the molecule is C=N/C(=N\C(=C/C)C(=O)N(C)C)Nc1cncc(/C=C/C(=O)N(C)C)c1. The Balaban J connectivity index is 3.00. The molecule has 2 amide bonds. The molecule has 1 aromatic heterocycles. The van der Waals surface area contributed by atoms with Gasteiger partial charge in [-0.1, -0.05) is 6.08 Å². The number of hydrogen-bond acceptors (Lipinski definition) is 4. The predicted octanol–water partition coefficient (Wildman–Crippen LogP) is 1.64. The highest BCUT2D eigenvalue weighted by molar-refractivity contribution is 6.02. The van der Waals surface area contributed by atoms with E-state index in [1.165, 1.54) is 15.9 Å². The molecule has 0 atom stereocenters. The molecule has 8 heteroatoms. The van der Waals surface area contributed by atoms with E-state index in [2.05, 4.69) is 27.0 Å². The Morgan fingerprint density at radius 1 is 1.19 bits per heavy atom. The molecule has 1 rings (SSSR count). The van der Waals surface area contributed by atoms with E-state index in [0.29, 0.717) is 5.69 Å². The minimum absolute atomic E-state index is 0.127.